The molecular formula is C22H19N5O2. The molecule has 2 aromatic carbocycles. The summed E-state index contributed by atoms with van der Waals surface area (Å²) in [5.41, 5.74) is 2.99. The molecular weight excluding hydrogens is 366 g/mol. The number of anilines is 3. The van der Waals surface area contributed by atoms with Crippen LogP contribution in [0.4, 0.5) is 17.2 Å². The summed E-state index contributed by atoms with van der Waals surface area (Å²) in [5.74, 6) is 1.64. The summed E-state index contributed by atoms with van der Waals surface area (Å²) in [5, 5.41) is 7.01. The van der Waals surface area contributed by atoms with Crippen molar-refractivity contribution in [2.24, 2.45) is 0 Å². The Labute approximate surface area is 167 Å². The predicted molar refractivity (Wildman–Crippen MR) is 113 cm³/mol. The van der Waals surface area contributed by atoms with Gasteiger partial charge in [-0.15, -0.1) is 0 Å². The van der Waals surface area contributed by atoms with Crippen molar-refractivity contribution in [3.63, 3.8) is 0 Å². The smallest absolute Gasteiger partial charge is 0.221 e. The normalized spacial score (nSPS) is 10.6. The van der Waals surface area contributed by atoms with Gasteiger partial charge in [0.1, 0.15) is 11.6 Å². The van der Waals surface area contributed by atoms with Crippen molar-refractivity contribution in [1.29, 1.82) is 0 Å². The van der Waals surface area contributed by atoms with Gasteiger partial charge in [-0.25, -0.2) is 9.97 Å². The number of hydrogen-bond donors (Lipinski definition) is 2. The Morgan fingerprint density at radius 3 is 2.66 bits per heavy atom. The molecule has 0 atom stereocenters. The van der Waals surface area contributed by atoms with Gasteiger partial charge < -0.3 is 15.4 Å². The van der Waals surface area contributed by atoms with Gasteiger partial charge in [0.05, 0.1) is 18.3 Å². The minimum atomic E-state index is -0.174. The largest absolute Gasteiger partial charge is 0.495 e. The molecule has 144 valence electrons. The van der Waals surface area contributed by atoms with Crippen LogP contribution in [0.15, 0.2) is 67.0 Å². The van der Waals surface area contributed by atoms with E-state index in [-0.39, 0.29) is 5.91 Å². The standard InChI is InChI=1S/C22H19N5O2/c1-14(28)24-19-12-16(9-10-20(19)29-2)25-22-17-7-3-4-8-18(17)26-21(27-22)15-6-5-11-23-13-15/h3-13H,1-2H3,(H,24,28)(H,25,26,27). The molecule has 29 heavy (non-hydrogen) atoms. The summed E-state index contributed by atoms with van der Waals surface area (Å²) in [6.45, 7) is 1.46. The van der Waals surface area contributed by atoms with Gasteiger partial charge in [0, 0.05) is 36.0 Å². The number of ether oxygens (including phenoxy) is 1. The number of rotatable bonds is 5. The highest BCUT2D eigenvalue weighted by atomic mass is 16.5. The van der Waals surface area contributed by atoms with Gasteiger partial charge >= 0.3 is 0 Å². The molecule has 0 fully saturated rings. The first kappa shape index (κ1) is 18.4. The van der Waals surface area contributed by atoms with E-state index in [2.05, 4.69) is 20.6 Å². The molecule has 0 saturated carbocycles. The summed E-state index contributed by atoms with van der Waals surface area (Å²) < 4.78 is 5.32. The van der Waals surface area contributed by atoms with Crippen molar-refractivity contribution in [1.82, 2.24) is 15.0 Å². The molecule has 7 nitrogen and oxygen atoms in total. The van der Waals surface area contributed by atoms with Gasteiger partial charge in [-0.2, -0.15) is 0 Å². The van der Waals surface area contributed by atoms with E-state index in [4.69, 9.17) is 9.72 Å². The fourth-order valence-electron chi connectivity index (χ4n) is 3.01. The highest BCUT2D eigenvalue weighted by Crippen LogP contribution is 2.31. The third kappa shape index (κ3) is 3.98. The number of fused-ring (bicyclic) bond motifs is 1. The van der Waals surface area contributed by atoms with E-state index in [1.807, 2.05) is 42.5 Å². The first-order chi connectivity index (χ1) is 14.1. The minimum absolute atomic E-state index is 0.174. The number of hydrogen-bond acceptors (Lipinski definition) is 6. The Morgan fingerprint density at radius 1 is 1.03 bits per heavy atom. The summed E-state index contributed by atoms with van der Waals surface area (Å²) in [6.07, 6.45) is 3.45. The van der Waals surface area contributed by atoms with Gasteiger partial charge in [0.15, 0.2) is 5.82 Å². The van der Waals surface area contributed by atoms with E-state index in [0.29, 0.717) is 23.1 Å². The quantitative estimate of drug-likeness (QED) is 0.529. The SMILES string of the molecule is COc1ccc(Nc2nc(-c3cccnc3)nc3ccccc23)cc1NC(C)=O. The van der Waals surface area contributed by atoms with E-state index in [1.54, 1.807) is 31.6 Å². The van der Waals surface area contributed by atoms with Crippen LogP contribution in [0.5, 0.6) is 5.75 Å². The van der Waals surface area contributed by atoms with Crippen LogP contribution in [0.3, 0.4) is 0 Å². The Hall–Kier alpha value is -4.00. The fraction of sp³-hybridized carbons (Fsp3) is 0.0909. The molecule has 4 rings (SSSR count). The first-order valence-electron chi connectivity index (χ1n) is 9.04. The molecule has 1 amide bonds. The lowest BCUT2D eigenvalue weighted by molar-refractivity contribution is -0.114. The highest BCUT2D eigenvalue weighted by molar-refractivity contribution is 5.94. The zero-order valence-electron chi connectivity index (χ0n) is 16.0. The van der Waals surface area contributed by atoms with Gasteiger partial charge in [0.25, 0.3) is 0 Å². The topological polar surface area (TPSA) is 89.0 Å². The van der Waals surface area contributed by atoms with Crippen molar-refractivity contribution in [3.8, 4) is 17.1 Å². The second-order valence-electron chi connectivity index (χ2n) is 6.38. The number of pyridine rings is 1. The third-order valence-electron chi connectivity index (χ3n) is 4.30. The summed E-state index contributed by atoms with van der Waals surface area (Å²) in [6, 6.07) is 17.0. The molecule has 0 radical (unpaired) electrons. The highest BCUT2D eigenvalue weighted by Gasteiger charge is 2.11. The van der Waals surface area contributed by atoms with Gasteiger partial charge in [-0.3, -0.25) is 9.78 Å². The molecule has 0 aliphatic rings. The van der Waals surface area contributed by atoms with E-state index in [1.165, 1.54) is 6.92 Å². The lowest BCUT2D eigenvalue weighted by Gasteiger charge is -2.14. The summed E-state index contributed by atoms with van der Waals surface area (Å²) in [4.78, 5) is 25.1. The van der Waals surface area contributed by atoms with Crippen LogP contribution in [0, 0.1) is 0 Å². The number of para-hydroxylation sites is 1. The number of nitrogens with one attached hydrogen (secondary N) is 2. The number of benzene rings is 2. The van der Waals surface area contributed by atoms with Gasteiger partial charge in [0.2, 0.25) is 5.91 Å². The van der Waals surface area contributed by atoms with E-state index in [9.17, 15) is 4.79 Å². The van der Waals surface area contributed by atoms with E-state index in [0.717, 1.165) is 22.2 Å². The van der Waals surface area contributed by atoms with Crippen molar-refractivity contribution in [3.05, 3.63) is 67.0 Å². The molecule has 2 heterocycles. The van der Waals surface area contributed by atoms with E-state index >= 15 is 0 Å². The molecule has 0 aliphatic carbocycles. The average Bonchev–Trinajstić information content (AvgIpc) is 2.74. The van der Waals surface area contributed by atoms with Crippen LogP contribution in [-0.2, 0) is 4.79 Å². The van der Waals surface area contributed by atoms with Gasteiger partial charge in [-0.05, 0) is 42.5 Å². The molecule has 0 bridgehead atoms. The van der Waals surface area contributed by atoms with Crippen LogP contribution < -0.4 is 15.4 Å². The monoisotopic (exact) mass is 385 g/mol. The molecule has 2 aromatic heterocycles. The van der Waals surface area contributed by atoms with Crippen molar-refractivity contribution < 1.29 is 9.53 Å². The Morgan fingerprint density at radius 2 is 1.90 bits per heavy atom. The molecule has 4 aromatic rings. The lowest BCUT2D eigenvalue weighted by atomic mass is 10.2. The Balaban J connectivity index is 1.79. The number of amides is 1. The van der Waals surface area contributed by atoms with Crippen LogP contribution in [-0.4, -0.2) is 28.0 Å². The molecule has 0 unspecified atom stereocenters. The van der Waals surface area contributed by atoms with Gasteiger partial charge in [-0.1, -0.05) is 12.1 Å². The Bertz CT molecular complexity index is 1180. The maximum absolute atomic E-state index is 11.5. The molecule has 0 spiro atoms. The number of methoxy groups -OCH3 is 1. The Kier molecular flexibility index (Phi) is 5.03. The van der Waals surface area contributed by atoms with Crippen LogP contribution in [0.2, 0.25) is 0 Å². The third-order valence-corrected chi connectivity index (χ3v) is 4.30. The fourth-order valence-corrected chi connectivity index (χ4v) is 3.01. The number of carbonyl (C=O) groups excluding carboxylic acids is 1. The number of aromatic nitrogens is 3. The molecule has 0 aliphatic heterocycles. The van der Waals surface area contributed by atoms with Crippen LogP contribution >= 0.6 is 0 Å². The number of nitrogens with zero attached hydrogens (tertiary/aromatic N) is 3. The first-order valence-corrected chi connectivity index (χ1v) is 9.04. The molecule has 7 heteroatoms. The molecule has 2 N–H and O–H groups in total. The summed E-state index contributed by atoms with van der Waals surface area (Å²) >= 11 is 0. The number of carbonyl (C=O) groups is 1. The second kappa shape index (κ2) is 7.93. The zero-order valence-corrected chi connectivity index (χ0v) is 16.0. The van der Waals surface area contributed by atoms with Crippen LogP contribution in [0.1, 0.15) is 6.92 Å². The zero-order chi connectivity index (χ0) is 20.2. The maximum Gasteiger partial charge on any atom is 0.221 e. The minimum Gasteiger partial charge on any atom is -0.495 e. The average molecular weight is 385 g/mol. The lowest BCUT2D eigenvalue weighted by Crippen LogP contribution is -2.07. The second-order valence-corrected chi connectivity index (χ2v) is 6.38. The summed E-state index contributed by atoms with van der Waals surface area (Å²) in [7, 11) is 1.56. The van der Waals surface area contributed by atoms with Crippen molar-refractivity contribution in [2.45, 2.75) is 6.92 Å². The van der Waals surface area contributed by atoms with Crippen molar-refractivity contribution in [2.75, 3.05) is 17.7 Å². The van der Waals surface area contributed by atoms with Crippen LogP contribution in [0.25, 0.3) is 22.3 Å². The predicted octanol–water partition coefficient (Wildman–Crippen LogP) is 4.40. The van der Waals surface area contributed by atoms with E-state index < -0.39 is 0 Å². The molecule has 0 saturated heterocycles. The maximum atomic E-state index is 11.5. The van der Waals surface area contributed by atoms with Crippen molar-refractivity contribution >= 4 is 34.0 Å².